The Bertz CT molecular complexity index is 973. The lowest BCUT2D eigenvalue weighted by Crippen LogP contribution is -2.37. The zero-order chi connectivity index (χ0) is 21.3. The third-order valence-corrected chi connectivity index (χ3v) is 4.65. The van der Waals surface area contributed by atoms with E-state index >= 15 is 0 Å². The van der Waals surface area contributed by atoms with Crippen LogP contribution in [0.15, 0.2) is 84.9 Å². The van der Waals surface area contributed by atoms with Gasteiger partial charge in [-0.15, -0.1) is 0 Å². The highest BCUT2D eigenvalue weighted by molar-refractivity contribution is 5.93. The molecule has 3 aromatic rings. The summed E-state index contributed by atoms with van der Waals surface area (Å²) in [7, 11) is 1.70. The summed E-state index contributed by atoms with van der Waals surface area (Å²) in [6.07, 6.45) is -0.894. The van der Waals surface area contributed by atoms with Crippen molar-refractivity contribution >= 4 is 11.9 Å². The number of para-hydroxylation sites is 1. The first-order valence-electron chi connectivity index (χ1n) is 9.80. The molecule has 0 aliphatic carbocycles. The Morgan fingerprint density at radius 2 is 1.47 bits per heavy atom. The number of carbonyl (C=O) groups is 2. The summed E-state index contributed by atoms with van der Waals surface area (Å²) in [5, 5.41) is 0. The Balaban J connectivity index is 1.61. The van der Waals surface area contributed by atoms with E-state index in [9.17, 15) is 9.59 Å². The molecule has 0 aliphatic rings. The second kappa shape index (κ2) is 10.3. The Hall–Kier alpha value is -3.60. The van der Waals surface area contributed by atoms with Crippen molar-refractivity contribution in [1.82, 2.24) is 4.90 Å². The fraction of sp³-hybridized carbons (Fsp3) is 0.200. The van der Waals surface area contributed by atoms with Crippen LogP contribution in [-0.2, 0) is 22.7 Å². The van der Waals surface area contributed by atoms with E-state index in [0.29, 0.717) is 23.4 Å². The van der Waals surface area contributed by atoms with Crippen molar-refractivity contribution in [2.75, 3.05) is 7.05 Å². The number of carbonyl (C=O) groups excluding carboxylic acids is 2. The molecule has 1 atom stereocenters. The van der Waals surface area contributed by atoms with Crippen LogP contribution in [-0.4, -0.2) is 29.9 Å². The van der Waals surface area contributed by atoms with Gasteiger partial charge >= 0.3 is 5.97 Å². The lowest BCUT2D eigenvalue weighted by atomic mass is 10.1. The predicted octanol–water partition coefficient (Wildman–Crippen LogP) is 4.47. The molecule has 0 saturated heterocycles. The molecule has 5 nitrogen and oxygen atoms in total. The largest absolute Gasteiger partial charge is 0.489 e. The van der Waals surface area contributed by atoms with E-state index in [1.165, 1.54) is 0 Å². The summed E-state index contributed by atoms with van der Waals surface area (Å²) in [5.41, 5.74) is 2.10. The first-order chi connectivity index (χ1) is 14.5. The van der Waals surface area contributed by atoms with Gasteiger partial charge in [0.1, 0.15) is 12.4 Å². The lowest BCUT2D eigenvalue weighted by molar-refractivity contribution is -0.139. The minimum Gasteiger partial charge on any atom is -0.489 e. The fourth-order valence-corrected chi connectivity index (χ4v) is 3.04. The van der Waals surface area contributed by atoms with Gasteiger partial charge in [-0.25, -0.2) is 4.79 Å². The molecule has 0 aliphatic heterocycles. The second-order valence-electron chi connectivity index (χ2n) is 6.99. The van der Waals surface area contributed by atoms with Crippen molar-refractivity contribution in [3.05, 3.63) is 102 Å². The van der Waals surface area contributed by atoms with Crippen LogP contribution in [0.1, 0.15) is 28.4 Å². The van der Waals surface area contributed by atoms with Crippen molar-refractivity contribution in [3.63, 3.8) is 0 Å². The molecule has 0 heterocycles. The molecule has 0 fully saturated rings. The molecule has 0 bridgehead atoms. The van der Waals surface area contributed by atoms with E-state index in [2.05, 4.69) is 0 Å². The molecule has 5 heteroatoms. The predicted molar refractivity (Wildman–Crippen MR) is 115 cm³/mol. The zero-order valence-electron chi connectivity index (χ0n) is 17.2. The van der Waals surface area contributed by atoms with Crippen LogP contribution in [0.2, 0.25) is 0 Å². The van der Waals surface area contributed by atoms with Crippen LogP contribution < -0.4 is 4.74 Å². The summed E-state index contributed by atoms with van der Waals surface area (Å²) < 4.78 is 11.2. The van der Waals surface area contributed by atoms with Crippen LogP contribution in [0.5, 0.6) is 5.75 Å². The van der Waals surface area contributed by atoms with Crippen molar-refractivity contribution in [2.24, 2.45) is 0 Å². The van der Waals surface area contributed by atoms with Crippen LogP contribution in [0.25, 0.3) is 0 Å². The number of ether oxygens (including phenoxy) is 2. The van der Waals surface area contributed by atoms with Gasteiger partial charge in [-0.2, -0.15) is 0 Å². The molecule has 1 amide bonds. The second-order valence-corrected chi connectivity index (χ2v) is 6.99. The average molecular weight is 403 g/mol. The molecule has 3 aromatic carbocycles. The number of nitrogens with zero attached hydrogens (tertiary/aromatic N) is 1. The lowest BCUT2D eigenvalue weighted by Gasteiger charge is -2.22. The maximum absolute atomic E-state index is 12.7. The average Bonchev–Trinajstić information content (AvgIpc) is 2.78. The number of esters is 1. The highest BCUT2D eigenvalue weighted by Gasteiger charge is 2.23. The monoisotopic (exact) mass is 403 g/mol. The van der Waals surface area contributed by atoms with Crippen molar-refractivity contribution in [1.29, 1.82) is 0 Å². The molecular weight excluding hydrogens is 378 g/mol. The summed E-state index contributed by atoms with van der Waals surface area (Å²) in [6, 6.07) is 26.1. The van der Waals surface area contributed by atoms with Gasteiger partial charge in [0.05, 0.1) is 5.56 Å². The van der Waals surface area contributed by atoms with Gasteiger partial charge in [-0.05, 0) is 30.7 Å². The Morgan fingerprint density at radius 1 is 0.867 bits per heavy atom. The van der Waals surface area contributed by atoms with Gasteiger partial charge < -0.3 is 14.4 Å². The van der Waals surface area contributed by atoms with Crippen LogP contribution >= 0.6 is 0 Å². The Labute approximate surface area is 176 Å². The van der Waals surface area contributed by atoms with Crippen molar-refractivity contribution in [3.8, 4) is 5.75 Å². The van der Waals surface area contributed by atoms with Gasteiger partial charge in [0, 0.05) is 19.2 Å². The number of rotatable bonds is 8. The third kappa shape index (κ3) is 5.70. The van der Waals surface area contributed by atoms with E-state index in [-0.39, 0.29) is 12.5 Å². The van der Waals surface area contributed by atoms with Crippen molar-refractivity contribution in [2.45, 2.75) is 26.2 Å². The normalized spacial score (nSPS) is 11.4. The SMILES string of the molecule is C[C@@H](OC(=O)c1ccccc1COc1ccccc1)C(=O)N(C)Cc1ccccc1. The van der Waals surface area contributed by atoms with Crippen LogP contribution in [0, 0.1) is 0 Å². The fourth-order valence-electron chi connectivity index (χ4n) is 3.04. The van der Waals surface area contributed by atoms with Gasteiger partial charge in [0.15, 0.2) is 6.10 Å². The summed E-state index contributed by atoms with van der Waals surface area (Å²) in [5.74, 6) is -0.0896. The molecule has 0 spiro atoms. The first-order valence-corrected chi connectivity index (χ1v) is 9.80. The minimum atomic E-state index is -0.894. The topological polar surface area (TPSA) is 55.8 Å². The van der Waals surface area contributed by atoms with E-state index in [4.69, 9.17) is 9.47 Å². The zero-order valence-corrected chi connectivity index (χ0v) is 17.2. The van der Waals surface area contributed by atoms with Gasteiger partial charge in [-0.1, -0.05) is 66.7 Å². The molecule has 0 unspecified atom stereocenters. The maximum atomic E-state index is 12.7. The minimum absolute atomic E-state index is 0.228. The van der Waals surface area contributed by atoms with Gasteiger partial charge in [0.2, 0.25) is 0 Å². The summed E-state index contributed by atoms with van der Waals surface area (Å²) in [4.78, 5) is 26.9. The molecule has 0 N–H and O–H groups in total. The maximum Gasteiger partial charge on any atom is 0.339 e. The van der Waals surface area contributed by atoms with Crippen LogP contribution in [0.3, 0.4) is 0 Å². The Kier molecular flexibility index (Phi) is 7.22. The standard InChI is InChI=1S/C25H25NO4/c1-19(24(27)26(2)17-20-11-5-3-6-12-20)30-25(28)23-16-10-9-13-21(23)18-29-22-14-7-4-8-15-22/h3-16,19H,17-18H2,1-2H3/t19-/m1/s1. The van der Waals surface area contributed by atoms with Gasteiger partial charge in [0.25, 0.3) is 5.91 Å². The van der Waals surface area contributed by atoms with E-state index < -0.39 is 12.1 Å². The molecule has 0 saturated carbocycles. The molecule has 3 rings (SSSR count). The number of hydrogen-bond acceptors (Lipinski definition) is 4. The quantitative estimate of drug-likeness (QED) is 0.521. The molecule has 0 radical (unpaired) electrons. The number of benzene rings is 3. The summed E-state index contributed by atoms with van der Waals surface area (Å²) in [6.45, 7) is 2.26. The number of hydrogen-bond donors (Lipinski definition) is 0. The smallest absolute Gasteiger partial charge is 0.339 e. The molecule has 30 heavy (non-hydrogen) atoms. The van der Waals surface area contributed by atoms with Gasteiger partial charge in [-0.3, -0.25) is 4.79 Å². The number of amides is 1. The molecular formula is C25H25NO4. The highest BCUT2D eigenvalue weighted by Crippen LogP contribution is 2.16. The number of likely N-dealkylation sites (N-methyl/N-ethyl adjacent to an activating group) is 1. The first kappa shape index (κ1) is 21.1. The molecule has 0 aromatic heterocycles. The highest BCUT2D eigenvalue weighted by atomic mass is 16.5. The summed E-state index contributed by atoms with van der Waals surface area (Å²) >= 11 is 0. The van der Waals surface area contributed by atoms with Crippen molar-refractivity contribution < 1.29 is 19.1 Å². The van der Waals surface area contributed by atoms with E-state index in [0.717, 1.165) is 5.56 Å². The Morgan fingerprint density at radius 3 is 2.17 bits per heavy atom. The van der Waals surface area contributed by atoms with E-state index in [1.807, 2.05) is 72.8 Å². The molecule has 154 valence electrons. The van der Waals surface area contributed by atoms with Crippen LogP contribution in [0.4, 0.5) is 0 Å². The van der Waals surface area contributed by atoms with E-state index in [1.54, 1.807) is 31.0 Å². The third-order valence-electron chi connectivity index (χ3n) is 4.65.